The topological polar surface area (TPSA) is 80.0 Å². The lowest BCUT2D eigenvalue weighted by molar-refractivity contribution is -0.892. The quantitative estimate of drug-likeness (QED) is 0.554. The minimum atomic E-state index is -4.46. The number of aromatic amines is 1. The zero-order valence-electron chi connectivity index (χ0n) is 15.6. The number of pyridine rings is 1. The Morgan fingerprint density at radius 1 is 1.25 bits per heavy atom. The summed E-state index contributed by atoms with van der Waals surface area (Å²) in [5.74, 6) is 0.00230. The second-order valence-electron chi connectivity index (χ2n) is 6.62. The van der Waals surface area contributed by atoms with Gasteiger partial charge < -0.3 is 15.5 Å². The van der Waals surface area contributed by atoms with Crippen molar-refractivity contribution in [3.8, 4) is 0 Å². The highest BCUT2D eigenvalue weighted by Gasteiger charge is 2.35. The third kappa shape index (κ3) is 6.52. The largest absolute Gasteiger partial charge is 0.419 e. The molecule has 1 aromatic heterocycles. The average molecular weight is 424 g/mol. The first-order valence-electron chi connectivity index (χ1n) is 9.11. The van der Waals surface area contributed by atoms with Gasteiger partial charge in [0.25, 0.3) is 11.7 Å². The maximum absolute atomic E-state index is 12.7. The lowest BCUT2D eigenvalue weighted by Crippen LogP contribution is -3.16. The lowest BCUT2D eigenvalue weighted by atomic mass is 10.2. The summed E-state index contributed by atoms with van der Waals surface area (Å²) in [6, 6.07) is 0.906. The van der Waals surface area contributed by atoms with E-state index in [4.69, 9.17) is 11.6 Å². The molecule has 2 rings (SSSR count). The van der Waals surface area contributed by atoms with Gasteiger partial charge in [0.15, 0.2) is 6.54 Å². The van der Waals surface area contributed by atoms with E-state index < -0.39 is 11.7 Å². The number of hydrogen-bond donors (Lipinski definition) is 3. The molecule has 4 N–H and O–H groups in total. The molecule has 0 spiro atoms. The number of halogens is 4. The number of anilines is 1. The molecular weight excluding hydrogens is 399 g/mol. The van der Waals surface area contributed by atoms with Crippen molar-refractivity contribution in [1.29, 1.82) is 0 Å². The molecule has 2 amide bonds. The molecule has 0 bridgehead atoms. The number of H-pyrrole nitrogens is 1. The van der Waals surface area contributed by atoms with E-state index >= 15 is 0 Å². The summed E-state index contributed by atoms with van der Waals surface area (Å²) in [5.41, 5.74) is -0.829. The third-order valence-corrected chi connectivity index (χ3v) is 4.70. The van der Waals surface area contributed by atoms with Crippen LogP contribution in [0.3, 0.4) is 0 Å². The molecule has 0 radical (unpaired) electrons. The van der Waals surface area contributed by atoms with Gasteiger partial charge in [-0.2, -0.15) is 13.2 Å². The number of piperazine rings is 1. The normalized spacial score (nSPS) is 15.4. The standard InChI is InChI=1S/C17H23ClF3N5O2/c1-2-3-22-14(27)10-23-15(28)11-25-4-6-26(7-5-25)16-13(18)8-12(9-24-16)17(19,20)21/h8-9H,2-7,10-11H2,1H3,(H,22,27)(H,23,28)/p+2. The van der Waals surface area contributed by atoms with E-state index in [-0.39, 0.29) is 29.9 Å². The molecule has 0 unspecified atom stereocenters. The molecule has 0 atom stereocenters. The van der Waals surface area contributed by atoms with Crippen LogP contribution in [-0.4, -0.2) is 57.6 Å². The molecule has 2 heterocycles. The zero-order chi connectivity index (χ0) is 20.7. The molecule has 1 aliphatic rings. The first-order chi connectivity index (χ1) is 13.2. The first-order valence-corrected chi connectivity index (χ1v) is 9.48. The van der Waals surface area contributed by atoms with Crippen LogP contribution in [0.5, 0.6) is 0 Å². The van der Waals surface area contributed by atoms with Crippen molar-refractivity contribution in [3.63, 3.8) is 0 Å². The number of hydrogen-bond acceptors (Lipinski definition) is 3. The average Bonchev–Trinajstić information content (AvgIpc) is 2.64. The van der Waals surface area contributed by atoms with E-state index in [0.717, 1.165) is 23.6 Å². The number of alkyl halides is 3. The molecule has 1 saturated heterocycles. The minimum Gasteiger partial charge on any atom is -0.355 e. The van der Waals surface area contributed by atoms with Crippen molar-refractivity contribution in [2.24, 2.45) is 0 Å². The van der Waals surface area contributed by atoms with Crippen molar-refractivity contribution in [1.82, 2.24) is 10.6 Å². The number of rotatable bonds is 7. The summed E-state index contributed by atoms with van der Waals surface area (Å²) in [6.45, 7) is 5.04. The number of nitrogens with one attached hydrogen (secondary N) is 4. The monoisotopic (exact) mass is 423 g/mol. The van der Waals surface area contributed by atoms with E-state index in [0.29, 0.717) is 38.5 Å². The fraction of sp³-hybridized carbons (Fsp3) is 0.588. The Morgan fingerprint density at radius 2 is 1.93 bits per heavy atom. The summed E-state index contributed by atoms with van der Waals surface area (Å²) in [7, 11) is 0. The molecule has 156 valence electrons. The Labute approximate surface area is 166 Å². The Morgan fingerprint density at radius 3 is 2.50 bits per heavy atom. The zero-order valence-corrected chi connectivity index (χ0v) is 16.3. The van der Waals surface area contributed by atoms with E-state index in [1.54, 1.807) is 0 Å². The molecule has 7 nitrogen and oxygen atoms in total. The van der Waals surface area contributed by atoms with Gasteiger partial charge in [0.2, 0.25) is 5.91 Å². The van der Waals surface area contributed by atoms with Crippen LogP contribution in [0.15, 0.2) is 12.3 Å². The van der Waals surface area contributed by atoms with Gasteiger partial charge in [-0.25, -0.2) is 9.88 Å². The fourth-order valence-electron chi connectivity index (χ4n) is 2.89. The smallest absolute Gasteiger partial charge is 0.355 e. The van der Waals surface area contributed by atoms with Crippen LogP contribution in [0.1, 0.15) is 18.9 Å². The second kappa shape index (κ2) is 9.92. The van der Waals surface area contributed by atoms with Crippen LogP contribution in [0.2, 0.25) is 5.02 Å². The van der Waals surface area contributed by atoms with Gasteiger partial charge in [-0.15, -0.1) is 0 Å². The van der Waals surface area contributed by atoms with Crippen LogP contribution in [0, 0.1) is 0 Å². The van der Waals surface area contributed by atoms with Crippen molar-refractivity contribution < 1.29 is 32.6 Å². The van der Waals surface area contributed by atoms with E-state index in [9.17, 15) is 22.8 Å². The van der Waals surface area contributed by atoms with Gasteiger partial charge in [0.05, 0.1) is 12.1 Å². The number of carbonyl (C=O) groups excluding carboxylic acids is 2. The van der Waals surface area contributed by atoms with Crippen LogP contribution in [0.25, 0.3) is 0 Å². The molecule has 0 aliphatic carbocycles. The van der Waals surface area contributed by atoms with Gasteiger partial charge in [-0.3, -0.25) is 9.59 Å². The highest BCUT2D eigenvalue weighted by molar-refractivity contribution is 6.32. The summed E-state index contributed by atoms with van der Waals surface area (Å²) in [6.07, 6.45) is -2.73. The maximum atomic E-state index is 12.7. The second-order valence-corrected chi connectivity index (χ2v) is 7.03. The molecule has 1 aliphatic heterocycles. The lowest BCUT2D eigenvalue weighted by Gasteiger charge is -2.28. The van der Waals surface area contributed by atoms with Crippen LogP contribution in [-0.2, 0) is 15.8 Å². The maximum Gasteiger partial charge on any atom is 0.419 e. The summed E-state index contributed by atoms with van der Waals surface area (Å²) in [4.78, 5) is 29.0. The summed E-state index contributed by atoms with van der Waals surface area (Å²) in [5, 5.41) is 5.28. The molecule has 1 aromatic rings. The molecular formula is C17H25ClF3N5O2+2. The number of quaternary nitrogens is 1. The van der Waals surface area contributed by atoms with Gasteiger partial charge in [0, 0.05) is 6.54 Å². The van der Waals surface area contributed by atoms with Crippen molar-refractivity contribution in [2.45, 2.75) is 19.5 Å². The third-order valence-electron chi connectivity index (χ3n) is 4.42. The number of aromatic nitrogens is 1. The number of nitrogens with zero attached hydrogens (tertiary/aromatic N) is 1. The summed E-state index contributed by atoms with van der Waals surface area (Å²) >= 11 is 6.01. The SMILES string of the molecule is CCCNC(=O)CNC(=O)C[NH+]1CCN(c2[nH+]cc(C(F)(F)F)cc2Cl)CC1. The fourth-order valence-corrected chi connectivity index (χ4v) is 3.18. The molecule has 1 fully saturated rings. The van der Waals surface area contributed by atoms with Crippen LogP contribution >= 0.6 is 11.6 Å². The minimum absolute atomic E-state index is 0.00843. The van der Waals surface area contributed by atoms with Gasteiger partial charge >= 0.3 is 6.18 Å². The highest BCUT2D eigenvalue weighted by atomic mass is 35.5. The Hall–Kier alpha value is -2.07. The summed E-state index contributed by atoms with van der Waals surface area (Å²) < 4.78 is 38.2. The molecule has 0 saturated carbocycles. The van der Waals surface area contributed by atoms with E-state index in [1.165, 1.54) is 0 Å². The predicted octanol–water partition coefficient (Wildman–Crippen LogP) is -0.480. The molecule has 11 heteroatoms. The van der Waals surface area contributed by atoms with Gasteiger partial charge in [-0.1, -0.05) is 18.5 Å². The van der Waals surface area contributed by atoms with E-state index in [1.807, 2.05) is 11.8 Å². The number of amides is 2. The number of carbonyl (C=O) groups is 2. The van der Waals surface area contributed by atoms with Crippen LogP contribution < -0.4 is 25.4 Å². The van der Waals surface area contributed by atoms with Gasteiger partial charge in [0.1, 0.15) is 37.4 Å². The van der Waals surface area contributed by atoms with Gasteiger partial charge in [-0.05, 0) is 12.5 Å². The first kappa shape index (κ1) is 22.2. The van der Waals surface area contributed by atoms with Crippen LogP contribution in [0.4, 0.5) is 19.0 Å². The highest BCUT2D eigenvalue weighted by Crippen LogP contribution is 2.31. The Balaban J connectivity index is 1.80. The van der Waals surface area contributed by atoms with Crippen molar-refractivity contribution in [2.75, 3.05) is 50.7 Å². The Bertz CT molecular complexity index is 694. The van der Waals surface area contributed by atoms with Crippen molar-refractivity contribution in [3.05, 3.63) is 22.8 Å². The Kier molecular flexibility index (Phi) is 7.88. The molecule has 28 heavy (non-hydrogen) atoms. The van der Waals surface area contributed by atoms with E-state index in [2.05, 4.69) is 15.6 Å². The predicted molar refractivity (Wildman–Crippen MR) is 97.1 cm³/mol. The van der Waals surface area contributed by atoms with Crippen molar-refractivity contribution >= 4 is 29.2 Å². The molecule has 0 aromatic carbocycles.